The number of hydrogen-bond donors (Lipinski definition) is 2. The van der Waals surface area contributed by atoms with Crippen molar-refractivity contribution >= 4 is 31.8 Å². The topological polar surface area (TPSA) is 61.4 Å². The first-order valence-electron chi connectivity index (χ1n) is 6.66. The quantitative estimate of drug-likeness (QED) is 0.662. The number of hydrogen-bond acceptors (Lipinski definition) is 3. The van der Waals surface area contributed by atoms with Gasteiger partial charge in [-0.2, -0.15) is 12.7 Å². The summed E-state index contributed by atoms with van der Waals surface area (Å²) in [5, 5.41) is 3.25. The maximum atomic E-state index is 12.1. The van der Waals surface area contributed by atoms with Gasteiger partial charge in [-0.3, -0.25) is 4.72 Å². The molecule has 20 heavy (non-hydrogen) atoms. The second kappa shape index (κ2) is 8.61. The van der Waals surface area contributed by atoms with Gasteiger partial charge in [0.05, 0.1) is 0 Å². The summed E-state index contributed by atoms with van der Waals surface area (Å²) in [5.74, 6) is 0. The Morgan fingerprint density at radius 3 is 2.45 bits per heavy atom. The molecule has 114 valence electrons. The fraction of sp³-hybridized carbons (Fsp3) is 0.538. The molecule has 0 aliphatic rings. The number of halogens is 1. The molecule has 7 heteroatoms. The fourth-order valence-corrected chi connectivity index (χ4v) is 2.82. The molecule has 0 spiro atoms. The molecule has 0 saturated carbocycles. The Balaban J connectivity index is 2.44. The largest absolute Gasteiger partial charge is 0.317 e. The van der Waals surface area contributed by atoms with E-state index in [0.29, 0.717) is 12.2 Å². The number of anilines is 1. The van der Waals surface area contributed by atoms with Crippen LogP contribution in [-0.2, 0) is 10.2 Å². The molecule has 1 aromatic carbocycles. The van der Waals surface area contributed by atoms with E-state index in [1.807, 2.05) is 0 Å². The molecule has 0 radical (unpaired) electrons. The lowest BCUT2D eigenvalue weighted by atomic mass is 10.3. The summed E-state index contributed by atoms with van der Waals surface area (Å²) in [4.78, 5) is 0. The number of rotatable bonds is 9. The standard InChI is InChI=1S/C13H22BrN3O2S/c1-3-9-15-10-4-11-17(2)20(18,19)16-13-7-5-12(14)6-8-13/h5-8,15-16H,3-4,9-11H2,1-2H3. The zero-order valence-corrected chi connectivity index (χ0v) is 14.3. The van der Waals surface area contributed by atoms with Crippen molar-refractivity contribution in [3.05, 3.63) is 28.7 Å². The van der Waals surface area contributed by atoms with Gasteiger partial charge in [-0.1, -0.05) is 22.9 Å². The van der Waals surface area contributed by atoms with Crippen LogP contribution < -0.4 is 10.0 Å². The fourth-order valence-electron chi connectivity index (χ4n) is 1.59. The van der Waals surface area contributed by atoms with Gasteiger partial charge in [0.1, 0.15) is 0 Å². The van der Waals surface area contributed by atoms with Crippen LogP contribution in [0.3, 0.4) is 0 Å². The van der Waals surface area contributed by atoms with Crippen molar-refractivity contribution in [1.29, 1.82) is 0 Å². The normalized spacial score (nSPS) is 11.8. The smallest absolute Gasteiger partial charge is 0.301 e. The van der Waals surface area contributed by atoms with E-state index in [1.54, 1.807) is 31.3 Å². The minimum Gasteiger partial charge on any atom is -0.317 e. The molecular formula is C13H22BrN3O2S. The minimum atomic E-state index is -3.48. The average molecular weight is 364 g/mol. The Morgan fingerprint density at radius 1 is 1.20 bits per heavy atom. The second-order valence-electron chi connectivity index (χ2n) is 4.54. The molecule has 0 aliphatic carbocycles. The monoisotopic (exact) mass is 363 g/mol. The van der Waals surface area contributed by atoms with Crippen molar-refractivity contribution in [3.8, 4) is 0 Å². The molecule has 0 saturated heterocycles. The first-order valence-corrected chi connectivity index (χ1v) is 8.89. The van der Waals surface area contributed by atoms with Gasteiger partial charge in [-0.05, 0) is 50.2 Å². The van der Waals surface area contributed by atoms with E-state index in [1.165, 1.54) is 4.31 Å². The summed E-state index contributed by atoms with van der Waals surface area (Å²) in [6.07, 6.45) is 1.87. The second-order valence-corrected chi connectivity index (χ2v) is 7.23. The summed E-state index contributed by atoms with van der Waals surface area (Å²) >= 11 is 3.31. The van der Waals surface area contributed by atoms with Gasteiger partial charge in [0.25, 0.3) is 0 Å². The predicted octanol–water partition coefficient (Wildman–Crippen LogP) is 2.43. The molecule has 0 unspecified atom stereocenters. The first-order chi connectivity index (χ1) is 9.45. The molecule has 1 aromatic rings. The molecule has 0 aliphatic heterocycles. The van der Waals surface area contributed by atoms with Crippen molar-refractivity contribution in [2.75, 3.05) is 31.4 Å². The highest BCUT2D eigenvalue weighted by Gasteiger charge is 2.16. The molecule has 0 aromatic heterocycles. The lowest BCUT2D eigenvalue weighted by Gasteiger charge is -2.18. The van der Waals surface area contributed by atoms with Crippen molar-refractivity contribution in [3.63, 3.8) is 0 Å². The zero-order valence-electron chi connectivity index (χ0n) is 11.9. The summed E-state index contributed by atoms with van der Waals surface area (Å²) in [5.41, 5.74) is 0.559. The highest BCUT2D eigenvalue weighted by Crippen LogP contribution is 2.16. The van der Waals surface area contributed by atoms with Crippen LogP contribution in [0.4, 0.5) is 5.69 Å². The van der Waals surface area contributed by atoms with Gasteiger partial charge in [0.15, 0.2) is 0 Å². The first kappa shape index (κ1) is 17.4. The Morgan fingerprint density at radius 2 is 1.85 bits per heavy atom. The van der Waals surface area contributed by atoms with Crippen LogP contribution >= 0.6 is 15.9 Å². The maximum absolute atomic E-state index is 12.1. The summed E-state index contributed by atoms with van der Waals surface area (Å²) in [7, 11) is -1.89. The zero-order chi connectivity index (χ0) is 15.0. The Kier molecular flexibility index (Phi) is 7.50. The molecule has 5 nitrogen and oxygen atoms in total. The lowest BCUT2D eigenvalue weighted by Crippen LogP contribution is -2.34. The van der Waals surface area contributed by atoms with E-state index in [2.05, 4.69) is 32.9 Å². The van der Waals surface area contributed by atoms with Gasteiger partial charge >= 0.3 is 10.2 Å². The minimum absolute atomic E-state index is 0.489. The van der Waals surface area contributed by atoms with E-state index >= 15 is 0 Å². The van der Waals surface area contributed by atoms with Gasteiger partial charge in [0, 0.05) is 23.8 Å². The highest BCUT2D eigenvalue weighted by atomic mass is 79.9. The van der Waals surface area contributed by atoms with E-state index in [9.17, 15) is 8.42 Å². The lowest BCUT2D eigenvalue weighted by molar-refractivity contribution is 0.458. The molecule has 0 heterocycles. The molecule has 0 atom stereocenters. The third-order valence-electron chi connectivity index (χ3n) is 2.75. The van der Waals surface area contributed by atoms with Gasteiger partial charge < -0.3 is 5.32 Å². The SMILES string of the molecule is CCCNCCCN(C)S(=O)(=O)Nc1ccc(Br)cc1. The Labute approximate surface area is 130 Å². The van der Waals surface area contributed by atoms with Crippen LogP contribution in [0.25, 0.3) is 0 Å². The molecule has 0 amide bonds. The van der Waals surface area contributed by atoms with E-state index in [0.717, 1.165) is 30.4 Å². The third-order valence-corrected chi connectivity index (χ3v) is 4.78. The van der Waals surface area contributed by atoms with Gasteiger partial charge in [-0.15, -0.1) is 0 Å². The summed E-state index contributed by atoms with van der Waals surface area (Å²) < 4.78 is 29.0. The van der Waals surface area contributed by atoms with Gasteiger partial charge in [0.2, 0.25) is 0 Å². The molecule has 1 rings (SSSR count). The molecule has 0 bridgehead atoms. The number of benzene rings is 1. The summed E-state index contributed by atoms with van der Waals surface area (Å²) in [6, 6.07) is 7.04. The number of nitrogens with zero attached hydrogens (tertiary/aromatic N) is 1. The van der Waals surface area contributed by atoms with Crippen LogP contribution in [0, 0.1) is 0 Å². The van der Waals surface area contributed by atoms with E-state index in [-0.39, 0.29) is 0 Å². The van der Waals surface area contributed by atoms with E-state index in [4.69, 9.17) is 0 Å². The Hall–Kier alpha value is -0.630. The van der Waals surface area contributed by atoms with Crippen molar-refractivity contribution in [1.82, 2.24) is 9.62 Å². The summed E-state index contributed by atoms with van der Waals surface area (Å²) in [6.45, 7) is 4.38. The van der Waals surface area contributed by atoms with Crippen LogP contribution in [0.15, 0.2) is 28.7 Å². The van der Waals surface area contributed by atoms with Crippen LogP contribution in [0.2, 0.25) is 0 Å². The predicted molar refractivity (Wildman–Crippen MR) is 87.1 cm³/mol. The molecule has 2 N–H and O–H groups in total. The van der Waals surface area contributed by atoms with Crippen molar-refractivity contribution in [2.45, 2.75) is 19.8 Å². The third kappa shape index (κ3) is 6.21. The average Bonchev–Trinajstić information content (AvgIpc) is 2.40. The van der Waals surface area contributed by atoms with E-state index < -0.39 is 10.2 Å². The molecule has 0 fully saturated rings. The Bertz CT molecular complexity index is 491. The van der Waals surface area contributed by atoms with Crippen molar-refractivity contribution < 1.29 is 8.42 Å². The van der Waals surface area contributed by atoms with Gasteiger partial charge in [-0.25, -0.2) is 0 Å². The maximum Gasteiger partial charge on any atom is 0.301 e. The van der Waals surface area contributed by atoms with Crippen LogP contribution in [0.1, 0.15) is 19.8 Å². The highest BCUT2D eigenvalue weighted by molar-refractivity contribution is 9.10. The van der Waals surface area contributed by atoms with Crippen LogP contribution in [-0.4, -0.2) is 39.4 Å². The van der Waals surface area contributed by atoms with Crippen LogP contribution in [0.5, 0.6) is 0 Å². The number of nitrogens with one attached hydrogen (secondary N) is 2. The van der Waals surface area contributed by atoms with Crippen molar-refractivity contribution in [2.24, 2.45) is 0 Å². The molecular weight excluding hydrogens is 342 g/mol.